The Morgan fingerprint density at radius 1 is 0.970 bits per heavy atom. The molecule has 0 saturated heterocycles. The van der Waals surface area contributed by atoms with Gasteiger partial charge in [-0.25, -0.2) is 4.98 Å². The Morgan fingerprint density at radius 2 is 1.70 bits per heavy atom. The van der Waals surface area contributed by atoms with Gasteiger partial charge in [-0.2, -0.15) is 0 Å². The van der Waals surface area contributed by atoms with Crippen molar-refractivity contribution in [2.45, 2.75) is 83.5 Å². The smallest absolute Gasteiger partial charge is 0.222 e. The minimum atomic E-state index is -1.99. The first-order chi connectivity index (χ1) is 15.7. The lowest BCUT2D eigenvalue weighted by Crippen LogP contribution is -2.41. The third kappa shape index (κ3) is 7.31. The van der Waals surface area contributed by atoms with Crippen LogP contribution in [0.2, 0.25) is 18.1 Å². The van der Waals surface area contributed by atoms with Crippen molar-refractivity contribution in [2.75, 3.05) is 0 Å². The van der Waals surface area contributed by atoms with Gasteiger partial charge in [0.1, 0.15) is 11.9 Å². The van der Waals surface area contributed by atoms with Gasteiger partial charge in [0.05, 0.1) is 6.20 Å². The molecule has 0 aliphatic carbocycles. The van der Waals surface area contributed by atoms with Crippen LogP contribution in [0.1, 0.15) is 70.4 Å². The number of aryl methyl sites for hydroxylation is 1. The van der Waals surface area contributed by atoms with Crippen LogP contribution in [0.5, 0.6) is 5.75 Å². The summed E-state index contributed by atoms with van der Waals surface area (Å²) >= 11 is 0. The van der Waals surface area contributed by atoms with Gasteiger partial charge < -0.3 is 13.9 Å². The number of aromatic nitrogens is 1. The summed E-state index contributed by atoms with van der Waals surface area (Å²) in [5.41, 5.74) is 2.23. The van der Waals surface area contributed by atoms with E-state index in [9.17, 15) is 5.11 Å². The minimum absolute atomic E-state index is 0.113. The Kier molecular flexibility index (Phi) is 8.55. The van der Waals surface area contributed by atoms with E-state index in [-0.39, 0.29) is 16.9 Å². The number of oxazole rings is 1. The van der Waals surface area contributed by atoms with Gasteiger partial charge in [-0.3, -0.25) is 0 Å². The van der Waals surface area contributed by atoms with E-state index in [1.54, 1.807) is 18.3 Å². The van der Waals surface area contributed by atoms with Crippen LogP contribution >= 0.6 is 0 Å². The van der Waals surface area contributed by atoms with Gasteiger partial charge in [0, 0.05) is 5.56 Å². The number of hydrogen-bond acceptors (Lipinski definition) is 4. The van der Waals surface area contributed by atoms with Crippen LogP contribution in [0.25, 0.3) is 11.3 Å². The lowest BCUT2D eigenvalue weighted by atomic mass is 10.0. The van der Waals surface area contributed by atoms with Gasteiger partial charge >= 0.3 is 0 Å². The molecular formula is C28H39NO3Si. The fourth-order valence-corrected chi connectivity index (χ4v) is 4.93. The van der Waals surface area contributed by atoms with E-state index in [0.29, 0.717) is 11.7 Å². The number of rotatable bonds is 11. The predicted molar refractivity (Wildman–Crippen MR) is 138 cm³/mol. The van der Waals surface area contributed by atoms with Crippen LogP contribution in [-0.4, -0.2) is 18.4 Å². The van der Waals surface area contributed by atoms with E-state index < -0.39 is 8.32 Å². The summed E-state index contributed by atoms with van der Waals surface area (Å²) in [7, 11) is -1.99. The summed E-state index contributed by atoms with van der Waals surface area (Å²) < 4.78 is 12.9. The number of aromatic hydroxyl groups is 1. The van der Waals surface area contributed by atoms with E-state index in [1.807, 2.05) is 12.1 Å². The molecule has 3 rings (SSSR count). The first-order valence-corrected chi connectivity index (χ1v) is 15.0. The molecule has 3 aromatic rings. The Bertz CT molecular complexity index is 992. The molecule has 1 unspecified atom stereocenters. The highest BCUT2D eigenvalue weighted by Gasteiger charge is 2.40. The van der Waals surface area contributed by atoms with Gasteiger partial charge in [-0.1, -0.05) is 82.5 Å². The first kappa shape index (κ1) is 25.3. The van der Waals surface area contributed by atoms with Crippen LogP contribution in [0, 0.1) is 0 Å². The monoisotopic (exact) mass is 465 g/mol. The highest BCUT2D eigenvalue weighted by atomic mass is 28.4. The molecule has 0 aliphatic rings. The number of hydrogen-bond donors (Lipinski definition) is 1. The summed E-state index contributed by atoms with van der Waals surface area (Å²) in [6.07, 6.45) is 8.30. The fraction of sp³-hybridized carbons (Fsp3) is 0.464. The standard InChI is InChI=1S/C28H39NO3Si/c1-28(2,3)33(4,5)32-25(19-12-7-6-9-14-22-15-10-8-11-16-22)27-29-21-26(31-27)23-17-13-18-24(30)20-23/h8,10-11,13,15-18,20-21,25,30H,6-7,9,12,14,19H2,1-5H3. The molecule has 0 amide bonds. The van der Waals surface area contributed by atoms with Crippen LogP contribution in [0.15, 0.2) is 65.2 Å². The zero-order valence-electron chi connectivity index (χ0n) is 20.8. The van der Waals surface area contributed by atoms with Gasteiger partial charge in [-0.05, 0) is 55.1 Å². The Labute approximate surface area is 200 Å². The minimum Gasteiger partial charge on any atom is -0.508 e. The van der Waals surface area contributed by atoms with Crippen molar-refractivity contribution in [3.63, 3.8) is 0 Å². The second kappa shape index (κ2) is 11.2. The number of phenols is 1. The molecule has 178 valence electrons. The van der Waals surface area contributed by atoms with Crippen molar-refractivity contribution in [3.8, 4) is 17.1 Å². The van der Waals surface area contributed by atoms with E-state index in [4.69, 9.17) is 8.84 Å². The number of benzene rings is 2. The Hall–Kier alpha value is -2.37. The summed E-state index contributed by atoms with van der Waals surface area (Å²) in [4.78, 5) is 4.59. The molecule has 0 radical (unpaired) electrons. The first-order valence-electron chi connectivity index (χ1n) is 12.1. The van der Waals surface area contributed by atoms with Gasteiger partial charge in [0.25, 0.3) is 0 Å². The summed E-state index contributed by atoms with van der Waals surface area (Å²) in [6, 6.07) is 17.8. The van der Waals surface area contributed by atoms with Crippen molar-refractivity contribution in [3.05, 3.63) is 72.2 Å². The number of nitrogens with zero attached hydrogens (tertiary/aromatic N) is 1. The van der Waals surface area contributed by atoms with Crippen molar-refractivity contribution in [1.82, 2.24) is 4.98 Å². The van der Waals surface area contributed by atoms with E-state index in [1.165, 1.54) is 24.8 Å². The molecule has 4 nitrogen and oxygen atoms in total. The van der Waals surface area contributed by atoms with Crippen molar-refractivity contribution in [2.24, 2.45) is 0 Å². The topological polar surface area (TPSA) is 55.5 Å². The summed E-state index contributed by atoms with van der Waals surface area (Å²) in [6.45, 7) is 11.3. The van der Waals surface area contributed by atoms with Crippen LogP contribution in [0.3, 0.4) is 0 Å². The van der Waals surface area contributed by atoms with E-state index >= 15 is 0 Å². The molecule has 1 atom stereocenters. The third-order valence-corrected chi connectivity index (χ3v) is 11.2. The SMILES string of the molecule is CC(C)(C)[Si](C)(C)OC(CCCCCCc1ccccc1)c1ncc(-c2cccc(O)c2)o1. The second-order valence-electron chi connectivity index (χ2n) is 10.4. The lowest BCUT2D eigenvalue weighted by Gasteiger charge is -2.38. The molecular weight excluding hydrogens is 426 g/mol. The highest BCUT2D eigenvalue weighted by molar-refractivity contribution is 6.74. The largest absolute Gasteiger partial charge is 0.508 e. The maximum Gasteiger partial charge on any atom is 0.222 e. The predicted octanol–water partition coefficient (Wildman–Crippen LogP) is 8.30. The molecule has 0 bridgehead atoms. The lowest BCUT2D eigenvalue weighted by molar-refractivity contribution is 0.139. The Morgan fingerprint density at radius 3 is 2.39 bits per heavy atom. The molecule has 1 heterocycles. The molecule has 1 aromatic heterocycles. The second-order valence-corrected chi connectivity index (χ2v) is 15.2. The van der Waals surface area contributed by atoms with Crippen molar-refractivity contribution in [1.29, 1.82) is 0 Å². The van der Waals surface area contributed by atoms with Gasteiger partial charge in [0.2, 0.25) is 5.89 Å². The molecule has 0 fully saturated rings. The average Bonchev–Trinajstić information content (AvgIpc) is 3.25. The molecule has 33 heavy (non-hydrogen) atoms. The van der Waals surface area contributed by atoms with Crippen LogP contribution < -0.4 is 0 Å². The highest BCUT2D eigenvalue weighted by Crippen LogP contribution is 2.41. The normalized spacial score (nSPS) is 13.2. The zero-order chi connectivity index (χ0) is 23.9. The third-order valence-electron chi connectivity index (χ3n) is 6.70. The maximum absolute atomic E-state index is 9.81. The summed E-state index contributed by atoms with van der Waals surface area (Å²) in [5.74, 6) is 1.52. The van der Waals surface area contributed by atoms with E-state index in [2.05, 4.69) is 69.2 Å². The van der Waals surface area contributed by atoms with Crippen molar-refractivity contribution < 1.29 is 13.9 Å². The number of phenolic OH excluding ortho intramolecular Hbond substituents is 1. The maximum atomic E-state index is 9.81. The van der Waals surface area contributed by atoms with Crippen LogP contribution in [0.4, 0.5) is 0 Å². The molecule has 1 N–H and O–H groups in total. The molecule has 0 saturated carbocycles. The molecule has 0 spiro atoms. The van der Waals surface area contributed by atoms with E-state index in [0.717, 1.165) is 24.8 Å². The van der Waals surface area contributed by atoms with Crippen LogP contribution in [-0.2, 0) is 10.8 Å². The quantitative estimate of drug-likeness (QED) is 0.228. The summed E-state index contributed by atoms with van der Waals surface area (Å²) in [5, 5.41) is 9.92. The average molecular weight is 466 g/mol. The molecule has 5 heteroatoms. The number of unbranched alkanes of at least 4 members (excludes halogenated alkanes) is 3. The van der Waals surface area contributed by atoms with Gasteiger partial charge in [0.15, 0.2) is 14.1 Å². The Balaban J connectivity index is 1.63. The molecule has 2 aromatic carbocycles. The van der Waals surface area contributed by atoms with Crippen molar-refractivity contribution >= 4 is 8.32 Å². The zero-order valence-corrected chi connectivity index (χ0v) is 21.8. The molecule has 0 aliphatic heterocycles. The fourth-order valence-electron chi connectivity index (χ4n) is 3.65. The van der Waals surface area contributed by atoms with Gasteiger partial charge in [-0.15, -0.1) is 0 Å².